The second-order valence-electron chi connectivity index (χ2n) is 8.90. The molecular formula is C26H33ClN2O5. The summed E-state index contributed by atoms with van der Waals surface area (Å²) in [7, 11) is 0. The number of amides is 2. The highest BCUT2D eigenvalue weighted by atomic mass is 35.5. The van der Waals surface area contributed by atoms with Crippen LogP contribution in [-0.4, -0.2) is 54.5 Å². The van der Waals surface area contributed by atoms with Crippen molar-refractivity contribution in [1.82, 2.24) is 10.2 Å². The molecule has 2 aromatic carbocycles. The van der Waals surface area contributed by atoms with E-state index >= 15 is 0 Å². The van der Waals surface area contributed by atoms with E-state index in [9.17, 15) is 14.4 Å². The van der Waals surface area contributed by atoms with Gasteiger partial charge in [-0.05, 0) is 50.5 Å². The van der Waals surface area contributed by atoms with Crippen molar-refractivity contribution < 1.29 is 23.9 Å². The molecule has 1 unspecified atom stereocenters. The van der Waals surface area contributed by atoms with E-state index in [1.807, 2.05) is 36.1 Å². The largest absolute Gasteiger partial charge is 0.492 e. The van der Waals surface area contributed by atoms with Crippen molar-refractivity contribution in [3.05, 3.63) is 40.9 Å². The maximum Gasteiger partial charge on any atom is 0.331 e. The van der Waals surface area contributed by atoms with Crippen molar-refractivity contribution in [3.8, 4) is 5.75 Å². The van der Waals surface area contributed by atoms with E-state index in [4.69, 9.17) is 21.1 Å². The Balaban J connectivity index is 1.90. The molecule has 8 heteroatoms. The van der Waals surface area contributed by atoms with Crippen LogP contribution in [0, 0.1) is 5.92 Å². The summed E-state index contributed by atoms with van der Waals surface area (Å²) in [6.45, 7) is 8.77. The number of carbonyl (C=O) groups excluding carboxylic acids is 3. The number of piperidine rings is 1. The van der Waals surface area contributed by atoms with Gasteiger partial charge in [-0.15, -0.1) is 0 Å². The molecular weight excluding hydrogens is 456 g/mol. The van der Waals surface area contributed by atoms with Crippen LogP contribution in [0.1, 0.15) is 57.3 Å². The number of fused-ring (bicyclic) bond motifs is 1. The first-order valence-corrected chi connectivity index (χ1v) is 12.2. The Kier molecular flexibility index (Phi) is 8.42. The summed E-state index contributed by atoms with van der Waals surface area (Å²) in [4.78, 5) is 39.4. The van der Waals surface area contributed by atoms with Crippen LogP contribution in [0.25, 0.3) is 10.8 Å². The Morgan fingerprint density at radius 1 is 1.18 bits per heavy atom. The van der Waals surface area contributed by atoms with Gasteiger partial charge in [0.25, 0.3) is 5.91 Å². The van der Waals surface area contributed by atoms with Crippen molar-refractivity contribution in [2.45, 2.75) is 52.5 Å². The number of halogens is 1. The van der Waals surface area contributed by atoms with Crippen LogP contribution in [-0.2, 0) is 14.3 Å². The first-order valence-electron chi connectivity index (χ1n) is 11.8. The minimum atomic E-state index is -1.20. The number of rotatable bonds is 8. The maximum absolute atomic E-state index is 13.5. The smallest absolute Gasteiger partial charge is 0.331 e. The number of ether oxygens (including phenoxy) is 2. The first-order chi connectivity index (χ1) is 16.2. The second kappa shape index (κ2) is 11.1. The molecule has 1 heterocycles. The van der Waals surface area contributed by atoms with E-state index in [-0.39, 0.29) is 29.0 Å². The Bertz CT molecular complexity index is 1060. The zero-order valence-electron chi connectivity index (χ0n) is 20.3. The SMILES string of the molecule is CCOC(=O)C(C)(CC)NC(=O)c1c(Cl)cc2ccccc2c1OCC1CCN(C(C)=O)CC1. The third kappa shape index (κ3) is 5.63. The predicted octanol–water partition coefficient (Wildman–Crippen LogP) is 4.59. The predicted molar refractivity (Wildman–Crippen MR) is 132 cm³/mol. The highest BCUT2D eigenvalue weighted by molar-refractivity contribution is 6.35. The molecule has 2 aromatic rings. The van der Waals surface area contributed by atoms with Crippen molar-refractivity contribution in [1.29, 1.82) is 0 Å². The molecule has 2 amide bonds. The van der Waals surface area contributed by atoms with Crippen molar-refractivity contribution in [2.24, 2.45) is 5.92 Å². The molecule has 0 aliphatic carbocycles. The summed E-state index contributed by atoms with van der Waals surface area (Å²) in [6, 6.07) is 9.31. The van der Waals surface area contributed by atoms with Crippen molar-refractivity contribution >= 4 is 40.2 Å². The molecule has 1 atom stereocenters. The van der Waals surface area contributed by atoms with Crippen LogP contribution in [0.2, 0.25) is 5.02 Å². The van der Waals surface area contributed by atoms with E-state index in [0.717, 1.165) is 23.6 Å². The molecule has 0 bridgehead atoms. The number of nitrogens with zero attached hydrogens (tertiary/aromatic N) is 1. The lowest BCUT2D eigenvalue weighted by atomic mass is 9.96. The lowest BCUT2D eigenvalue weighted by molar-refractivity contribution is -0.150. The minimum absolute atomic E-state index is 0.0831. The summed E-state index contributed by atoms with van der Waals surface area (Å²) < 4.78 is 11.5. The number of esters is 1. The standard InChI is InChI=1S/C26H33ClN2O5/c1-5-26(4,25(32)33-6-2)28-24(31)22-21(27)15-19-9-7-8-10-20(19)23(22)34-16-18-11-13-29(14-12-18)17(3)30/h7-10,15,18H,5-6,11-14,16H2,1-4H3,(H,28,31). The van der Waals surface area contributed by atoms with Crippen LogP contribution >= 0.6 is 11.6 Å². The summed E-state index contributed by atoms with van der Waals surface area (Å²) in [5, 5.41) is 4.70. The third-order valence-electron chi connectivity index (χ3n) is 6.53. The molecule has 1 aliphatic rings. The summed E-state index contributed by atoms with van der Waals surface area (Å²) in [5.74, 6) is -0.252. The van der Waals surface area contributed by atoms with Crippen LogP contribution in [0.3, 0.4) is 0 Å². The number of hydrogen-bond donors (Lipinski definition) is 1. The quantitative estimate of drug-likeness (QED) is 0.549. The number of benzene rings is 2. The fourth-order valence-corrected chi connectivity index (χ4v) is 4.44. The van der Waals surface area contributed by atoms with Gasteiger partial charge >= 0.3 is 5.97 Å². The fourth-order valence-electron chi connectivity index (χ4n) is 4.15. The molecule has 1 N–H and O–H groups in total. The summed E-state index contributed by atoms with van der Waals surface area (Å²) >= 11 is 6.59. The molecule has 7 nitrogen and oxygen atoms in total. The minimum Gasteiger partial charge on any atom is -0.492 e. The van der Waals surface area contributed by atoms with Gasteiger partial charge in [-0.25, -0.2) is 4.79 Å². The fraction of sp³-hybridized carbons (Fsp3) is 0.500. The van der Waals surface area contributed by atoms with Crippen LogP contribution in [0.15, 0.2) is 30.3 Å². The Labute approximate surface area is 205 Å². The molecule has 34 heavy (non-hydrogen) atoms. The zero-order chi connectivity index (χ0) is 24.9. The van der Waals surface area contributed by atoms with Crippen molar-refractivity contribution in [3.63, 3.8) is 0 Å². The molecule has 0 aromatic heterocycles. The van der Waals surface area contributed by atoms with E-state index in [1.165, 1.54) is 0 Å². The third-order valence-corrected chi connectivity index (χ3v) is 6.82. The van der Waals surface area contributed by atoms with Gasteiger partial charge in [0.1, 0.15) is 16.9 Å². The van der Waals surface area contributed by atoms with Gasteiger partial charge in [-0.2, -0.15) is 0 Å². The first kappa shape index (κ1) is 25.8. The van der Waals surface area contributed by atoms with E-state index < -0.39 is 17.4 Å². The van der Waals surface area contributed by atoms with E-state index in [1.54, 1.807) is 26.8 Å². The number of nitrogens with one attached hydrogen (secondary N) is 1. The molecule has 0 saturated carbocycles. The Morgan fingerprint density at radius 3 is 2.47 bits per heavy atom. The number of likely N-dealkylation sites (tertiary alicyclic amines) is 1. The average Bonchev–Trinajstić information content (AvgIpc) is 2.82. The van der Waals surface area contributed by atoms with Crippen molar-refractivity contribution in [2.75, 3.05) is 26.3 Å². The lowest BCUT2D eigenvalue weighted by Gasteiger charge is -2.31. The monoisotopic (exact) mass is 488 g/mol. The lowest BCUT2D eigenvalue weighted by Crippen LogP contribution is -2.52. The maximum atomic E-state index is 13.5. The van der Waals surface area contributed by atoms with E-state index in [2.05, 4.69) is 5.32 Å². The van der Waals surface area contributed by atoms with Gasteiger partial charge < -0.3 is 19.7 Å². The van der Waals surface area contributed by atoms with Gasteiger partial charge in [0.2, 0.25) is 5.91 Å². The zero-order valence-corrected chi connectivity index (χ0v) is 21.0. The van der Waals surface area contributed by atoms with Gasteiger partial charge in [0, 0.05) is 25.4 Å². The summed E-state index contributed by atoms with van der Waals surface area (Å²) in [6.07, 6.45) is 2.01. The second-order valence-corrected chi connectivity index (χ2v) is 9.31. The molecule has 1 saturated heterocycles. The molecule has 184 valence electrons. The number of carbonyl (C=O) groups is 3. The average molecular weight is 489 g/mol. The molecule has 1 fully saturated rings. The Morgan fingerprint density at radius 2 is 1.85 bits per heavy atom. The van der Waals surface area contributed by atoms with Crippen LogP contribution < -0.4 is 10.1 Å². The normalized spacial score (nSPS) is 16.1. The highest BCUT2D eigenvalue weighted by Crippen LogP contribution is 2.37. The van der Waals surface area contributed by atoms with Gasteiger partial charge in [-0.3, -0.25) is 9.59 Å². The number of hydrogen-bond acceptors (Lipinski definition) is 5. The molecule has 0 radical (unpaired) electrons. The van der Waals surface area contributed by atoms with Gasteiger partial charge in [0.15, 0.2) is 0 Å². The summed E-state index contributed by atoms with van der Waals surface area (Å²) in [5.41, 5.74) is -0.996. The topological polar surface area (TPSA) is 84.9 Å². The Hall–Kier alpha value is -2.80. The molecule has 1 aliphatic heterocycles. The van der Waals surface area contributed by atoms with Crippen LogP contribution in [0.5, 0.6) is 5.75 Å². The van der Waals surface area contributed by atoms with Crippen LogP contribution in [0.4, 0.5) is 0 Å². The highest BCUT2D eigenvalue weighted by Gasteiger charge is 2.36. The van der Waals surface area contributed by atoms with Gasteiger partial charge in [-0.1, -0.05) is 42.8 Å². The molecule has 3 rings (SSSR count). The molecule has 0 spiro atoms. The van der Waals surface area contributed by atoms with E-state index in [0.29, 0.717) is 31.9 Å². The van der Waals surface area contributed by atoms with Gasteiger partial charge in [0.05, 0.1) is 18.2 Å².